The highest BCUT2D eigenvalue weighted by Crippen LogP contribution is 2.31. The van der Waals surface area contributed by atoms with Gasteiger partial charge in [-0.15, -0.1) is 0 Å². The molecule has 124 valence electrons. The Kier molecular flexibility index (Phi) is 4.55. The predicted octanol–water partition coefficient (Wildman–Crippen LogP) is 2.97. The Morgan fingerprint density at radius 1 is 1.12 bits per heavy atom. The zero-order valence-electron chi connectivity index (χ0n) is 13.5. The largest absolute Gasteiger partial charge is 0.497 e. The lowest BCUT2D eigenvalue weighted by molar-refractivity contribution is -0.114. The predicted molar refractivity (Wildman–Crippen MR) is 92.6 cm³/mol. The molecule has 6 heteroatoms. The van der Waals surface area contributed by atoms with Gasteiger partial charge in [0.15, 0.2) is 0 Å². The van der Waals surface area contributed by atoms with Crippen molar-refractivity contribution in [2.24, 2.45) is 0 Å². The van der Waals surface area contributed by atoms with E-state index in [4.69, 9.17) is 16.3 Å². The number of nitrogens with zero attached hydrogens (tertiary/aromatic N) is 2. The monoisotopic (exact) mass is 344 g/mol. The summed E-state index contributed by atoms with van der Waals surface area (Å²) in [5.74, 6) is -0.230. The van der Waals surface area contributed by atoms with Crippen molar-refractivity contribution < 1.29 is 14.3 Å². The van der Waals surface area contributed by atoms with Gasteiger partial charge in [-0.25, -0.2) is 0 Å². The van der Waals surface area contributed by atoms with Crippen molar-refractivity contribution in [3.8, 4) is 5.75 Å². The summed E-state index contributed by atoms with van der Waals surface area (Å²) in [5.41, 5.74) is 2.06. The highest BCUT2D eigenvalue weighted by molar-refractivity contribution is 6.52. The van der Waals surface area contributed by atoms with Gasteiger partial charge in [-0.3, -0.25) is 19.4 Å². The first kappa shape index (κ1) is 16.5. The van der Waals surface area contributed by atoms with Crippen molar-refractivity contribution in [3.05, 3.63) is 58.6 Å². The molecule has 0 N–H and O–H groups in total. The minimum absolute atomic E-state index is 0.325. The van der Waals surface area contributed by atoms with E-state index in [1.807, 2.05) is 36.2 Å². The van der Waals surface area contributed by atoms with Gasteiger partial charge in [0.25, 0.3) is 5.78 Å². The van der Waals surface area contributed by atoms with Crippen LogP contribution < -0.4 is 9.64 Å². The molecule has 1 heterocycles. The Bertz CT molecular complexity index is 789. The number of hydrogen-bond acceptors (Lipinski definition) is 4. The molecular formula is C18H17ClN2O3. The second kappa shape index (κ2) is 6.63. The van der Waals surface area contributed by atoms with Crippen molar-refractivity contribution in [2.75, 3.05) is 25.7 Å². The number of anilines is 1. The molecule has 0 saturated carbocycles. The number of ether oxygens (including phenoxy) is 1. The molecule has 0 aliphatic carbocycles. The Morgan fingerprint density at radius 3 is 2.50 bits per heavy atom. The van der Waals surface area contributed by atoms with Crippen LogP contribution in [0.3, 0.4) is 0 Å². The van der Waals surface area contributed by atoms with Crippen LogP contribution in [-0.2, 0) is 11.3 Å². The van der Waals surface area contributed by atoms with Crippen molar-refractivity contribution in [1.29, 1.82) is 0 Å². The molecule has 0 bridgehead atoms. The van der Waals surface area contributed by atoms with Crippen LogP contribution in [0.5, 0.6) is 5.75 Å². The normalized spacial score (nSPS) is 13.6. The Morgan fingerprint density at radius 2 is 1.83 bits per heavy atom. The summed E-state index contributed by atoms with van der Waals surface area (Å²) in [4.78, 5) is 27.8. The Labute approximate surface area is 145 Å². The van der Waals surface area contributed by atoms with E-state index >= 15 is 0 Å². The van der Waals surface area contributed by atoms with E-state index in [9.17, 15) is 9.59 Å². The molecule has 0 unspecified atom stereocenters. The maximum atomic E-state index is 12.2. The van der Waals surface area contributed by atoms with Crippen LogP contribution in [0.1, 0.15) is 15.9 Å². The minimum Gasteiger partial charge on any atom is -0.497 e. The lowest BCUT2D eigenvalue weighted by Gasteiger charge is -2.24. The number of methoxy groups -OCH3 is 1. The van der Waals surface area contributed by atoms with Crippen LogP contribution in [0.15, 0.2) is 42.5 Å². The van der Waals surface area contributed by atoms with E-state index in [1.54, 1.807) is 25.3 Å². The van der Waals surface area contributed by atoms with Crippen molar-refractivity contribution in [1.82, 2.24) is 4.90 Å². The van der Waals surface area contributed by atoms with Crippen LogP contribution >= 0.6 is 11.6 Å². The molecule has 0 aromatic heterocycles. The van der Waals surface area contributed by atoms with E-state index in [-0.39, 0.29) is 0 Å². The first-order valence-corrected chi connectivity index (χ1v) is 7.84. The van der Waals surface area contributed by atoms with Gasteiger partial charge in [-0.1, -0.05) is 23.7 Å². The summed E-state index contributed by atoms with van der Waals surface area (Å²) in [6.07, 6.45) is 0. The van der Waals surface area contributed by atoms with Gasteiger partial charge in [-0.2, -0.15) is 0 Å². The quantitative estimate of drug-likeness (QED) is 0.782. The third-order valence-corrected chi connectivity index (χ3v) is 4.16. The molecule has 0 atom stereocenters. The number of Topliss-reactive ketones (excluding diaryl/α,β-unsaturated/α-hetero) is 1. The smallest absolute Gasteiger partial charge is 0.300 e. The summed E-state index contributed by atoms with van der Waals surface area (Å²) >= 11 is 5.92. The molecule has 24 heavy (non-hydrogen) atoms. The van der Waals surface area contributed by atoms with Crippen molar-refractivity contribution in [2.45, 2.75) is 6.54 Å². The number of amides is 1. The fourth-order valence-corrected chi connectivity index (χ4v) is 2.92. The van der Waals surface area contributed by atoms with Crippen LogP contribution in [0.2, 0.25) is 5.02 Å². The standard InChI is InChI=1S/C18H17ClN2O3/c1-20(10-12-3-6-14(24-2)7-4-12)11-21-16-8-5-13(19)9-15(16)17(22)18(21)23/h3-9H,10-11H2,1-2H3. The summed E-state index contributed by atoms with van der Waals surface area (Å²) in [7, 11) is 3.52. The zero-order chi connectivity index (χ0) is 17.3. The lowest BCUT2D eigenvalue weighted by Crippen LogP contribution is -2.38. The number of carbonyl (C=O) groups is 2. The molecule has 0 saturated heterocycles. The summed E-state index contributed by atoms with van der Waals surface area (Å²) in [6.45, 7) is 0.968. The molecule has 0 spiro atoms. The molecule has 0 radical (unpaired) electrons. The number of carbonyl (C=O) groups excluding carboxylic acids is 2. The minimum atomic E-state index is -0.520. The second-order valence-corrected chi connectivity index (χ2v) is 6.16. The SMILES string of the molecule is COc1ccc(CN(C)CN2C(=O)C(=O)c3cc(Cl)ccc32)cc1. The molecular weight excluding hydrogens is 328 g/mol. The van der Waals surface area contributed by atoms with E-state index < -0.39 is 11.7 Å². The van der Waals surface area contributed by atoms with Crippen LogP contribution in [0.25, 0.3) is 0 Å². The number of fused-ring (bicyclic) bond motifs is 1. The number of halogens is 1. The van der Waals surface area contributed by atoms with Gasteiger partial charge >= 0.3 is 5.91 Å². The molecule has 0 fully saturated rings. The first-order valence-electron chi connectivity index (χ1n) is 7.47. The fourth-order valence-electron chi connectivity index (χ4n) is 2.75. The number of benzene rings is 2. The summed E-state index contributed by atoms with van der Waals surface area (Å²) in [6, 6.07) is 12.7. The Hall–Kier alpha value is -2.37. The number of ketones is 1. The van der Waals surface area contributed by atoms with Gasteiger partial charge in [-0.05, 0) is 42.9 Å². The number of rotatable bonds is 5. The van der Waals surface area contributed by atoms with Crippen LogP contribution in [0, 0.1) is 0 Å². The van der Waals surface area contributed by atoms with Crippen molar-refractivity contribution in [3.63, 3.8) is 0 Å². The van der Waals surface area contributed by atoms with Gasteiger partial charge in [0.2, 0.25) is 0 Å². The maximum absolute atomic E-state index is 12.2. The average Bonchev–Trinajstić information content (AvgIpc) is 2.80. The molecule has 1 amide bonds. The van der Waals surface area contributed by atoms with E-state index in [2.05, 4.69) is 0 Å². The molecule has 1 aliphatic heterocycles. The molecule has 1 aliphatic rings. The third-order valence-electron chi connectivity index (χ3n) is 3.93. The van der Waals surface area contributed by atoms with Gasteiger partial charge < -0.3 is 4.74 Å². The van der Waals surface area contributed by atoms with E-state index in [0.717, 1.165) is 11.3 Å². The van der Waals surface area contributed by atoms with E-state index in [1.165, 1.54) is 4.90 Å². The van der Waals surface area contributed by atoms with Crippen LogP contribution in [0.4, 0.5) is 5.69 Å². The highest BCUT2D eigenvalue weighted by atomic mass is 35.5. The molecule has 3 rings (SSSR count). The lowest BCUT2D eigenvalue weighted by atomic mass is 10.1. The molecule has 5 nitrogen and oxygen atoms in total. The summed E-state index contributed by atoms with van der Waals surface area (Å²) in [5, 5.41) is 0.448. The van der Waals surface area contributed by atoms with Crippen LogP contribution in [-0.4, -0.2) is 37.4 Å². The second-order valence-electron chi connectivity index (χ2n) is 5.73. The first-order chi connectivity index (χ1) is 11.5. The fraction of sp³-hybridized carbons (Fsp3) is 0.222. The zero-order valence-corrected chi connectivity index (χ0v) is 14.2. The topological polar surface area (TPSA) is 49.9 Å². The van der Waals surface area contributed by atoms with E-state index in [0.29, 0.717) is 29.5 Å². The highest BCUT2D eigenvalue weighted by Gasteiger charge is 2.36. The van der Waals surface area contributed by atoms with Gasteiger partial charge in [0.1, 0.15) is 5.75 Å². The van der Waals surface area contributed by atoms with Gasteiger partial charge in [0, 0.05) is 11.6 Å². The van der Waals surface area contributed by atoms with Crippen molar-refractivity contribution >= 4 is 29.0 Å². The van der Waals surface area contributed by atoms with Gasteiger partial charge in [0.05, 0.1) is 25.0 Å². The molecule has 2 aromatic rings. The maximum Gasteiger partial charge on any atom is 0.300 e. The average molecular weight is 345 g/mol. The summed E-state index contributed by atoms with van der Waals surface area (Å²) < 4.78 is 5.14. The third kappa shape index (κ3) is 3.13. The number of hydrogen-bond donors (Lipinski definition) is 0. The molecule has 2 aromatic carbocycles. The Balaban J connectivity index is 1.73.